The Morgan fingerprint density at radius 2 is 2.29 bits per heavy atom. The van der Waals surface area contributed by atoms with Gasteiger partial charge in [0.05, 0.1) is 24.1 Å². The van der Waals surface area contributed by atoms with Crippen molar-refractivity contribution in [3.63, 3.8) is 0 Å². The minimum atomic E-state index is -2.88. The summed E-state index contributed by atoms with van der Waals surface area (Å²) in [5, 5.41) is 5.92. The standard InChI is InChI=1S/C10H19N3O3S/c1-11-4-8-5-13(6-10(14)12-8)9-2-3-17(15,16)7-9/h8-9,11H,2-7H2,1H3,(H,12,14). The summed E-state index contributed by atoms with van der Waals surface area (Å²) in [6, 6.07) is 0.0926. The fourth-order valence-electron chi connectivity index (χ4n) is 2.55. The lowest BCUT2D eigenvalue weighted by Crippen LogP contribution is -2.59. The van der Waals surface area contributed by atoms with Crippen molar-refractivity contribution in [3.8, 4) is 0 Å². The Morgan fingerprint density at radius 1 is 1.53 bits per heavy atom. The molecule has 6 nitrogen and oxygen atoms in total. The topological polar surface area (TPSA) is 78.5 Å². The molecule has 2 heterocycles. The molecular weight excluding hydrogens is 242 g/mol. The molecule has 0 aromatic carbocycles. The molecule has 7 heteroatoms. The van der Waals surface area contributed by atoms with E-state index in [4.69, 9.17) is 0 Å². The molecule has 0 aromatic heterocycles. The van der Waals surface area contributed by atoms with Crippen LogP contribution in [0.2, 0.25) is 0 Å². The average Bonchev–Trinajstić information content (AvgIpc) is 2.58. The van der Waals surface area contributed by atoms with Crippen LogP contribution in [0, 0.1) is 0 Å². The van der Waals surface area contributed by atoms with E-state index in [1.54, 1.807) is 0 Å². The van der Waals surface area contributed by atoms with Gasteiger partial charge in [-0.15, -0.1) is 0 Å². The van der Waals surface area contributed by atoms with E-state index in [0.29, 0.717) is 19.5 Å². The Bertz CT molecular complexity index is 396. The van der Waals surface area contributed by atoms with E-state index < -0.39 is 9.84 Å². The van der Waals surface area contributed by atoms with E-state index in [9.17, 15) is 13.2 Å². The maximum atomic E-state index is 11.5. The van der Waals surface area contributed by atoms with Crippen molar-refractivity contribution < 1.29 is 13.2 Å². The number of nitrogens with zero attached hydrogens (tertiary/aromatic N) is 1. The van der Waals surface area contributed by atoms with Crippen LogP contribution < -0.4 is 10.6 Å². The highest BCUT2D eigenvalue weighted by molar-refractivity contribution is 7.91. The van der Waals surface area contributed by atoms with Crippen LogP contribution in [0.5, 0.6) is 0 Å². The molecule has 2 fully saturated rings. The van der Waals surface area contributed by atoms with Gasteiger partial charge in [0.15, 0.2) is 9.84 Å². The van der Waals surface area contributed by atoms with Gasteiger partial charge in [-0.1, -0.05) is 0 Å². The lowest BCUT2D eigenvalue weighted by atomic mass is 10.1. The van der Waals surface area contributed by atoms with E-state index in [-0.39, 0.29) is 29.5 Å². The number of hydrogen-bond acceptors (Lipinski definition) is 5. The van der Waals surface area contributed by atoms with Crippen LogP contribution in [0.4, 0.5) is 0 Å². The number of carbonyl (C=O) groups is 1. The second kappa shape index (κ2) is 4.91. The fourth-order valence-corrected chi connectivity index (χ4v) is 4.32. The highest BCUT2D eigenvalue weighted by atomic mass is 32.2. The minimum absolute atomic E-state index is 0.0132. The van der Waals surface area contributed by atoms with Gasteiger partial charge in [-0.25, -0.2) is 8.42 Å². The Kier molecular flexibility index (Phi) is 3.70. The van der Waals surface area contributed by atoms with Crippen LogP contribution in [-0.2, 0) is 14.6 Å². The zero-order valence-electron chi connectivity index (χ0n) is 9.98. The number of nitrogens with one attached hydrogen (secondary N) is 2. The Hall–Kier alpha value is -0.660. The first-order chi connectivity index (χ1) is 8.00. The van der Waals surface area contributed by atoms with E-state index in [0.717, 1.165) is 6.54 Å². The van der Waals surface area contributed by atoms with Crippen molar-refractivity contribution in [2.75, 3.05) is 38.2 Å². The SMILES string of the molecule is CNCC1CN(C2CCS(=O)(=O)C2)CC(=O)N1. The fraction of sp³-hybridized carbons (Fsp3) is 0.900. The van der Waals surface area contributed by atoms with Crippen molar-refractivity contribution >= 4 is 15.7 Å². The van der Waals surface area contributed by atoms with Crippen LogP contribution in [0.25, 0.3) is 0 Å². The predicted molar refractivity (Wildman–Crippen MR) is 64.5 cm³/mol. The summed E-state index contributed by atoms with van der Waals surface area (Å²) in [6.07, 6.45) is 0.655. The Balaban J connectivity index is 1.99. The zero-order valence-corrected chi connectivity index (χ0v) is 10.8. The third-order valence-corrected chi connectivity index (χ3v) is 5.09. The monoisotopic (exact) mass is 261 g/mol. The van der Waals surface area contributed by atoms with Gasteiger partial charge >= 0.3 is 0 Å². The first kappa shape index (κ1) is 12.8. The smallest absolute Gasteiger partial charge is 0.234 e. The van der Waals surface area contributed by atoms with Crippen molar-refractivity contribution in [2.24, 2.45) is 0 Å². The Morgan fingerprint density at radius 3 is 2.88 bits per heavy atom. The van der Waals surface area contributed by atoms with Gasteiger partial charge in [0.2, 0.25) is 5.91 Å². The first-order valence-electron chi connectivity index (χ1n) is 5.88. The maximum absolute atomic E-state index is 11.5. The van der Waals surface area contributed by atoms with Gasteiger partial charge in [0, 0.05) is 19.1 Å². The molecular formula is C10H19N3O3S. The van der Waals surface area contributed by atoms with E-state index >= 15 is 0 Å². The van der Waals surface area contributed by atoms with Gasteiger partial charge in [-0.3, -0.25) is 9.69 Å². The number of piperazine rings is 1. The maximum Gasteiger partial charge on any atom is 0.234 e. The summed E-state index contributed by atoms with van der Waals surface area (Å²) in [5.74, 6) is 0.444. The molecule has 0 aliphatic carbocycles. The molecule has 0 spiro atoms. The van der Waals surface area contributed by atoms with Gasteiger partial charge in [0.1, 0.15) is 0 Å². The van der Waals surface area contributed by atoms with E-state index in [2.05, 4.69) is 10.6 Å². The van der Waals surface area contributed by atoms with Gasteiger partial charge in [-0.05, 0) is 13.5 Å². The summed E-state index contributed by atoms with van der Waals surface area (Å²) in [6.45, 7) is 1.76. The number of sulfone groups is 1. The van der Waals surface area contributed by atoms with Gasteiger partial charge < -0.3 is 10.6 Å². The van der Waals surface area contributed by atoms with Crippen molar-refractivity contribution in [2.45, 2.75) is 18.5 Å². The van der Waals surface area contributed by atoms with Gasteiger partial charge in [-0.2, -0.15) is 0 Å². The summed E-state index contributed by atoms with van der Waals surface area (Å²) >= 11 is 0. The molecule has 0 radical (unpaired) electrons. The van der Waals surface area contributed by atoms with Crippen LogP contribution in [0.15, 0.2) is 0 Å². The lowest BCUT2D eigenvalue weighted by Gasteiger charge is -2.36. The molecule has 1 amide bonds. The van der Waals surface area contributed by atoms with Crippen LogP contribution in [-0.4, -0.2) is 69.5 Å². The molecule has 0 bridgehead atoms. The summed E-state index contributed by atoms with van der Waals surface area (Å²) < 4.78 is 22.9. The molecule has 2 aliphatic rings. The van der Waals surface area contributed by atoms with Crippen LogP contribution >= 0.6 is 0 Å². The number of amides is 1. The van der Waals surface area contributed by atoms with Crippen LogP contribution in [0.3, 0.4) is 0 Å². The zero-order chi connectivity index (χ0) is 12.5. The molecule has 2 unspecified atom stereocenters. The summed E-state index contributed by atoms with van der Waals surface area (Å²) in [5.41, 5.74) is 0. The molecule has 2 saturated heterocycles. The second-order valence-corrected chi connectivity index (χ2v) is 7.04. The second-order valence-electron chi connectivity index (χ2n) is 4.81. The summed E-state index contributed by atoms with van der Waals surface area (Å²) in [7, 11) is -1.04. The quantitative estimate of drug-likeness (QED) is 0.626. The highest BCUT2D eigenvalue weighted by Gasteiger charge is 2.36. The predicted octanol–water partition coefficient (Wildman–Crippen LogP) is -1.81. The third kappa shape index (κ3) is 3.17. The van der Waals surface area contributed by atoms with Crippen molar-refractivity contribution in [3.05, 3.63) is 0 Å². The first-order valence-corrected chi connectivity index (χ1v) is 7.71. The minimum Gasteiger partial charge on any atom is -0.350 e. The number of hydrogen-bond donors (Lipinski definition) is 2. The van der Waals surface area contributed by atoms with Gasteiger partial charge in [0.25, 0.3) is 0 Å². The highest BCUT2D eigenvalue weighted by Crippen LogP contribution is 2.19. The molecule has 98 valence electrons. The molecule has 2 rings (SSSR count). The molecule has 17 heavy (non-hydrogen) atoms. The van der Waals surface area contributed by atoms with Crippen LogP contribution in [0.1, 0.15) is 6.42 Å². The van der Waals surface area contributed by atoms with E-state index in [1.807, 2.05) is 11.9 Å². The van der Waals surface area contributed by atoms with Crippen molar-refractivity contribution in [1.29, 1.82) is 0 Å². The molecule has 2 atom stereocenters. The molecule has 2 N–H and O–H groups in total. The largest absolute Gasteiger partial charge is 0.350 e. The third-order valence-electron chi connectivity index (χ3n) is 3.34. The lowest BCUT2D eigenvalue weighted by molar-refractivity contribution is -0.126. The molecule has 2 aliphatic heterocycles. The number of likely N-dealkylation sites (N-methyl/N-ethyl adjacent to an activating group) is 1. The van der Waals surface area contributed by atoms with E-state index in [1.165, 1.54) is 0 Å². The summed E-state index contributed by atoms with van der Waals surface area (Å²) in [4.78, 5) is 13.6. The molecule has 0 saturated carbocycles. The average molecular weight is 261 g/mol. The molecule has 0 aromatic rings. The Labute approximate surface area is 102 Å². The number of carbonyl (C=O) groups excluding carboxylic acids is 1. The van der Waals surface area contributed by atoms with Crippen molar-refractivity contribution in [1.82, 2.24) is 15.5 Å². The number of rotatable bonds is 3. The normalized spacial score (nSPS) is 33.6.